The topological polar surface area (TPSA) is 95.7 Å². The summed E-state index contributed by atoms with van der Waals surface area (Å²) in [5.74, 6) is 0.364. The maximum Gasteiger partial charge on any atom is 0.234 e. The van der Waals surface area contributed by atoms with E-state index in [2.05, 4.69) is 21.4 Å². The van der Waals surface area contributed by atoms with Crippen LogP contribution in [0.15, 0.2) is 29.3 Å². The summed E-state index contributed by atoms with van der Waals surface area (Å²) in [6, 6.07) is 8.82. The molecule has 0 radical (unpaired) electrons. The lowest BCUT2D eigenvalue weighted by atomic mass is 10.1. The van der Waals surface area contributed by atoms with Gasteiger partial charge < -0.3 is 5.32 Å². The van der Waals surface area contributed by atoms with E-state index < -0.39 is 0 Å². The average Bonchev–Trinajstić information content (AvgIpc) is 2.52. The summed E-state index contributed by atoms with van der Waals surface area (Å²) in [7, 11) is 0. The predicted molar refractivity (Wildman–Crippen MR) is 92.0 cm³/mol. The lowest BCUT2D eigenvalue weighted by Gasteiger charge is -2.08. The number of hydrogen-bond donors (Lipinski definition) is 1. The number of nitrogens with zero attached hydrogens (tertiary/aromatic N) is 3. The third-order valence-electron chi connectivity index (χ3n) is 3.17. The minimum atomic E-state index is -0.237. The molecule has 0 spiro atoms. The van der Waals surface area contributed by atoms with Crippen LogP contribution in [0.5, 0.6) is 0 Å². The van der Waals surface area contributed by atoms with E-state index >= 15 is 0 Å². The number of ketones is 1. The van der Waals surface area contributed by atoms with Crippen molar-refractivity contribution in [3.05, 3.63) is 46.9 Å². The van der Waals surface area contributed by atoms with E-state index in [1.165, 1.54) is 18.7 Å². The molecule has 1 aromatic carbocycles. The molecule has 1 heterocycles. The first-order valence-electron chi connectivity index (χ1n) is 7.19. The number of rotatable bonds is 5. The highest BCUT2D eigenvalue weighted by atomic mass is 32.2. The van der Waals surface area contributed by atoms with Crippen LogP contribution in [0, 0.1) is 25.2 Å². The number of amides is 1. The third kappa shape index (κ3) is 4.40. The average molecular weight is 340 g/mol. The Morgan fingerprint density at radius 3 is 2.71 bits per heavy atom. The molecule has 2 aromatic rings. The monoisotopic (exact) mass is 340 g/mol. The Bertz CT molecular complexity index is 843. The molecular formula is C17H16N4O2S. The van der Waals surface area contributed by atoms with Crippen molar-refractivity contribution in [1.29, 1.82) is 5.26 Å². The summed E-state index contributed by atoms with van der Waals surface area (Å²) in [6.07, 6.45) is 0. The van der Waals surface area contributed by atoms with Crippen LogP contribution >= 0.6 is 11.8 Å². The van der Waals surface area contributed by atoms with Crippen LogP contribution < -0.4 is 5.32 Å². The number of nitrogens with one attached hydrogen (secondary N) is 1. The van der Waals surface area contributed by atoms with Gasteiger partial charge in [-0.05, 0) is 32.9 Å². The zero-order chi connectivity index (χ0) is 17.7. The Kier molecular flexibility index (Phi) is 5.66. The first-order valence-corrected chi connectivity index (χ1v) is 8.18. The number of thioether (sulfide) groups is 1. The van der Waals surface area contributed by atoms with Gasteiger partial charge in [0.1, 0.15) is 22.5 Å². The predicted octanol–water partition coefficient (Wildman–Crippen LogP) is 2.90. The molecule has 0 fully saturated rings. The van der Waals surface area contributed by atoms with E-state index in [0.717, 1.165) is 0 Å². The van der Waals surface area contributed by atoms with Crippen molar-refractivity contribution in [2.24, 2.45) is 0 Å². The van der Waals surface area contributed by atoms with Crippen LogP contribution in [-0.2, 0) is 4.79 Å². The molecule has 0 saturated heterocycles. The maximum atomic E-state index is 12.1. The van der Waals surface area contributed by atoms with Crippen LogP contribution in [0.3, 0.4) is 0 Å². The minimum absolute atomic E-state index is 0.0638. The molecule has 0 saturated carbocycles. The van der Waals surface area contributed by atoms with Gasteiger partial charge in [-0.25, -0.2) is 9.97 Å². The van der Waals surface area contributed by atoms with Crippen molar-refractivity contribution in [2.45, 2.75) is 25.8 Å². The van der Waals surface area contributed by atoms with E-state index in [9.17, 15) is 14.9 Å². The molecule has 0 unspecified atom stereocenters. The minimum Gasteiger partial charge on any atom is -0.325 e. The van der Waals surface area contributed by atoms with Crippen LogP contribution in [0.1, 0.15) is 34.4 Å². The van der Waals surface area contributed by atoms with E-state index in [1.54, 1.807) is 38.1 Å². The molecule has 1 N–H and O–H groups in total. The van der Waals surface area contributed by atoms with Gasteiger partial charge in [0.05, 0.1) is 11.4 Å². The van der Waals surface area contributed by atoms with Gasteiger partial charge in [-0.1, -0.05) is 23.9 Å². The summed E-state index contributed by atoms with van der Waals surface area (Å²) in [5.41, 5.74) is 2.08. The standard InChI is InChI=1S/C17H16N4O2S/c1-10-15(8-18)17(20-12(3)19-10)24-9-16(23)21-14-6-4-5-13(7-14)11(2)22/h4-7H,9H2,1-3H3,(H,21,23). The van der Waals surface area contributed by atoms with Crippen LogP contribution in [0.4, 0.5) is 5.69 Å². The summed E-state index contributed by atoms with van der Waals surface area (Å²) < 4.78 is 0. The first-order chi connectivity index (χ1) is 11.4. The van der Waals surface area contributed by atoms with Crippen LogP contribution in [-0.4, -0.2) is 27.4 Å². The molecule has 0 aliphatic heterocycles. The van der Waals surface area contributed by atoms with Crippen LogP contribution in [0.2, 0.25) is 0 Å². The normalized spacial score (nSPS) is 10.1. The van der Waals surface area contributed by atoms with Crippen molar-refractivity contribution in [3.8, 4) is 6.07 Å². The smallest absolute Gasteiger partial charge is 0.234 e. The van der Waals surface area contributed by atoms with Crippen molar-refractivity contribution in [1.82, 2.24) is 9.97 Å². The fourth-order valence-electron chi connectivity index (χ4n) is 2.06. The lowest BCUT2D eigenvalue weighted by Crippen LogP contribution is -2.15. The highest BCUT2D eigenvalue weighted by molar-refractivity contribution is 8.00. The van der Waals surface area contributed by atoms with Gasteiger partial charge in [0.2, 0.25) is 5.91 Å². The molecule has 1 amide bonds. The summed E-state index contributed by atoms with van der Waals surface area (Å²) in [5, 5.41) is 12.4. The van der Waals surface area contributed by atoms with E-state index in [1.807, 2.05) is 0 Å². The number of carbonyl (C=O) groups is 2. The number of Topliss-reactive ketones (excluding diaryl/α,β-unsaturated/α-hetero) is 1. The fourth-order valence-corrected chi connectivity index (χ4v) is 2.94. The summed E-state index contributed by atoms with van der Waals surface area (Å²) >= 11 is 1.19. The van der Waals surface area contributed by atoms with Crippen molar-refractivity contribution < 1.29 is 9.59 Å². The Morgan fingerprint density at radius 2 is 2.04 bits per heavy atom. The Balaban J connectivity index is 2.06. The lowest BCUT2D eigenvalue weighted by molar-refractivity contribution is -0.113. The molecule has 7 heteroatoms. The highest BCUT2D eigenvalue weighted by Gasteiger charge is 2.13. The van der Waals surface area contributed by atoms with Gasteiger partial charge in [-0.3, -0.25) is 9.59 Å². The maximum absolute atomic E-state index is 12.1. The number of aryl methyl sites for hydroxylation is 2. The quantitative estimate of drug-likeness (QED) is 0.511. The highest BCUT2D eigenvalue weighted by Crippen LogP contribution is 2.22. The molecule has 6 nitrogen and oxygen atoms in total. The fraction of sp³-hybridized carbons (Fsp3) is 0.235. The molecule has 0 aliphatic rings. The molecule has 24 heavy (non-hydrogen) atoms. The molecule has 0 atom stereocenters. The summed E-state index contributed by atoms with van der Waals surface area (Å²) in [6.45, 7) is 4.95. The number of carbonyl (C=O) groups excluding carboxylic acids is 2. The van der Waals surface area contributed by atoms with Gasteiger partial charge in [0, 0.05) is 11.3 Å². The molecule has 2 rings (SSSR count). The third-order valence-corrected chi connectivity index (χ3v) is 4.15. The van der Waals surface area contributed by atoms with Gasteiger partial charge in [0.15, 0.2) is 5.78 Å². The number of aromatic nitrogens is 2. The Hall–Kier alpha value is -2.72. The van der Waals surface area contributed by atoms with Gasteiger partial charge in [-0.15, -0.1) is 0 Å². The van der Waals surface area contributed by atoms with Gasteiger partial charge >= 0.3 is 0 Å². The second-order valence-electron chi connectivity index (χ2n) is 5.12. The molecule has 0 aliphatic carbocycles. The van der Waals surface area contributed by atoms with E-state index in [4.69, 9.17) is 0 Å². The van der Waals surface area contributed by atoms with Gasteiger partial charge in [-0.2, -0.15) is 5.26 Å². The molecular weight excluding hydrogens is 324 g/mol. The number of hydrogen-bond acceptors (Lipinski definition) is 6. The number of nitriles is 1. The van der Waals surface area contributed by atoms with Crippen molar-refractivity contribution in [3.63, 3.8) is 0 Å². The first kappa shape index (κ1) is 17.6. The van der Waals surface area contributed by atoms with Crippen LogP contribution in [0.25, 0.3) is 0 Å². The van der Waals surface area contributed by atoms with E-state index in [-0.39, 0.29) is 17.4 Å². The SMILES string of the molecule is CC(=O)c1cccc(NC(=O)CSc2nc(C)nc(C)c2C#N)c1. The zero-order valence-electron chi connectivity index (χ0n) is 13.6. The molecule has 1 aromatic heterocycles. The summed E-state index contributed by atoms with van der Waals surface area (Å²) in [4.78, 5) is 31.8. The second-order valence-corrected chi connectivity index (χ2v) is 6.09. The molecule has 122 valence electrons. The number of benzene rings is 1. The second kappa shape index (κ2) is 7.70. The van der Waals surface area contributed by atoms with Crippen molar-refractivity contribution >= 4 is 29.1 Å². The van der Waals surface area contributed by atoms with E-state index in [0.29, 0.717) is 33.4 Å². The Labute approximate surface area is 144 Å². The zero-order valence-corrected chi connectivity index (χ0v) is 14.4. The number of anilines is 1. The van der Waals surface area contributed by atoms with Crippen molar-refractivity contribution in [2.75, 3.05) is 11.1 Å². The Morgan fingerprint density at radius 1 is 1.29 bits per heavy atom. The van der Waals surface area contributed by atoms with Gasteiger partial charge in [0.25, 0.3) is 0 Å². The largest absolute Gasteiger partial charge is 0.325 e. The molecule has 0 bridgehead atoms.